The molecule has 0 radical (unpaired) electrons. The van der Waals surface area contributed by atoms with Gasteiger partial charge in [-0.05, 0) is 11.1 Å². The lowest BCUT2D eigenvalue weighted by Crippen LogP contribution is -2.49. The third-order valence-electron chi connectivity index (χ3n) is 6.13. The second kappa shape index (κ2) is 11.7. The molecule has 4 N–H and O–H groups in total. The number of aromatic nitrogens is 4. The molecule has 2 aromatic heterocycles. The minimum absolute atomic E-state index is 0.0282. The molecule has 0 unspecified atom stereocenters. The summed E-state index contributed by atoms with van der Waals surface area (Å²) in [5, 5.41) is 20.8. The molecule has 200 valence electrons. The Morgan fingerprint density at radius 2 is 1.63 bits per heavy atom. The molecule has 1 fully saturated rings. The highest BCUT2D eigenvalue weighted by Crippen LogP contribution is 2.54. The number of rotatable bonds is 10. The monoisotopic (exact) mass is 541 g/mol. The highest BCUT2D eigenvalue weighted by atomic mass is 31.2. The van der Waals surface area contributed by atoms with E-state index in [1.54, 1.807) is 4.57 Å². The minimum atomic E-state index is -4.22. The Bertz CT molecular complexity index is 1340. The highest BCUT2D eigenvalue weighted by Gasteiger charge is 2.44. The molecule has 0 bridgehead atoms. The molecule has 2 aromatic carbocycles. The lowest BCUT2D eigenvalue weighted by atomic mass is 10.0. The molecule has 4 aromatic rings. The van der Waals surface area contributed by atoms with Gasteiger partial charge in [-0.1, -0.05) is 60.7 Å². The number of anilines is 1. The van der Waals surface area contributed by atoms with Gasteiger partial charge in [0.15, 0.2) is 11.5 Å². The van der Waals surface area contributed by atoms with Crippen LogP contribution in [-0.4, -0.2) is 54.7 Å². The van der Waals surface area contributed by atoms with Crippen molar-refractivity contribution >= 4 is 24.8 Å². The molecule has 38 heavy (non-hydrogen) atoms. The molecule has 3 heterocycles. The number of phosphoric acid groups is 1. The standard InChI is InChI=1S/C25H28N5O7P/c26-24-22-25(28-15-27-24)30(16-29-22)21-11-19(23(32)20(12-31)36-21)37-38(33,34-13-17-7-3-1-4-8-17)35-14-18-9-5-2-6-10-18/h1-10,15-16,19-21,23,31-32H,11-14H2,(H2,26,27,28)/t19-,20-,21-,23+/m1/s1. The maximum Gasteiger partial charge on any atom is 0.475 e. The molecule has 5 rings (SSSR count). The lowest BCUT2D eigenvalue weighted by molar-refractivity contribution is -0.198. The van der Waals surface area contributed by atoms with Crippen LogP contribution in [0.5, 0.6) is 0 Å². The van der Waals surface area contributed by atoms with E-state index in [1.807, 2.05) is 60.7 Å². The molecule has 12 nitrogen and oxygen atoms in total. The van der Waals surface area contributed by atoms with Gasteiger partial charge in [0.05, 0.1) is 26.1 Å². The van der Waals surface area contributed by atoms with Gasteiger partial charge in [-0.2, -0.15) is 0 Å². The number of aliphatic hydroxyl groups is 2. The Hall–Kier alpha value is -3.22. The van der Waals surface area contributed by atoms with Crippen LogP contribution in [0, 0.1) is 0 Å². The van der Waals surface area contributed by atoms with E-state index in [9.17, 15) is 14.8 Å². The molecule has 13 heteroatoms. The molecule has 0 spiro atoms. The van der Waals surface area contributed by atoms with E-state index in [2.05, 4.69) is 15.0 Å². The molecule has 1 aliphatic rings. The molecular formula is C25H28N5O7P. The van der Waals surface area contributed by atoms with Crippen LogP contribution in [-0.2, 0) is 36.1 Å². The number of hydrogen-bond acceptors (Lipinski definition) is 11. The summed E-state index contributed by atoms with van der Waals surface area (Å²) in [5.74, 6) is 0.198. The fourth-order valence-electron chi connectivity index (χ4n) is 4.15. The van der Waals surface area contributed by atoms with Crippen LogP contribution in [0.3, 0.4) is 0 Å². The number of aliphatic hydroxyl groups excluding tert-OH is 2. The van der Waals surface area contributed by atoms with Crippen LogP contribution in [0.1, 0.15) is 23.8 Å². The number of fused-ring (bicyclic) bond motifs is 1. The average molecular weight is 542 g/mol. The second-order valence-electron chi connectivity index (χ2n) is 8.73. The van der Waals surface area contributed by atoms with Crippen molar-refractivity contribution in [2.75, 3.05) is 12.3 Å². The van der Waals surface area contributed by atoms with Crippen molar-refractivity contribution < 1.29 is 33.1 Å². The van der Waals surface area contributed by atoms with Gasteiger partial charge in [-0.25, -0.2) is 19.5 Å². The summed E-state index contributed by atoms with van der Waals surface area (Å²) in [4.78, 5) is 12.4. The fraction of sp³-hybridized carbons (Fsp3) is 0.320. The highest BCUT2D eigenvalue weighted by molar-refractivity contribution is 7.48. The van der Waals surface area contributed by atoms with Gasteiger partial charge in [-0.3, -0.25) is 18.1 Å². The molecule has 1 aliphatic heterocycles. The predicted molar refractivity (Wildman–Crippen MR) is 136 cm³/mol. The zero-order chi connectivity index (χ0) is 26.5. The van der Waals surface area contributed by atoms with Gasteiger partial charge in [-0.15, -0.1) is 0 Å². The number of imidazole rings is 1. The first kappa shape index (κ1) is 26.4. The summed E-state index contributed by atoms with van der Waals surface area (Å²) in [6, 6.07) is 18.3. The quantitative estimate of drug-likeness (QED) is 0.253. The summed E-state index contributed by atoms with van der Waals surface area (Å²) in [5.41, 5.74) is 8.21. The number of hydrogen-bond donors (Lipinski definition) is 3. The first-order valence-electron chi connectivity index (χ1n) is 12.0. The van der Waals surface area contributed by atoms with Crippen molar-refractivity contribution in [2.24, 2.45) is 0 Å². The predicted octanol–water partition coefficient (Wildman–Crippen LogP) is 2.98. The molecule has 0 amide bonds. The van der Waals surface area contributed by atoms with Gasteiger partial charge in [0, 0.05) is 6.42 Å². The summed E-state index contributed by atoms with van der Waals surface area (Å²) in [7, 11) is -4.22. The molecular weight excluding hydrogens is 513 g/mol. The van der Waals surface area contributed by atoms with Crippen LogP contribution >= 0.6 is 7.82 Å². The summed E-state index contributed by atoms with van der Waals surface area (Å²) in [6.07, 6.45) is -1.43. The van der Waals surface area contributed by atoms with Crippen molar-refractivity contribution in [2.45, 2.75) is 44.2 Å². The minimum Gasteiger partial charge on any atom is -0.394 e. The largest absolute Gasteiger partial charge is 0.475 e. The van der Waals surface area contributed by atoms with Crippen molar-refractivity contribution in [3.63, 3.8) is 0 Å². The van der Waals surface area contributed by atoms with Gasteiger partial charge in [0.25, 0.3) is 0 Å². The third kappa shape index (κ3) is 5.92. The summed E-state index contributed by atoms with van der Waals surface area (Å²) in [6.45, 7) is -0.593. The lowest BCUT2D eigenvalue weighted by Gasteiger charge is -2.39. The maximum absolute atomic E-state index is 13.9. The molecule has 1 saturated heterocycles. The van der Waals surface area contributed by atoms with Crippen LogP contribution in [0.25, 0.3) is 11.2 Å². The number of benzene rings is 2. The number of ether oxygens (including phenoxy) is 1. The Labute approximate surface area is 218 Å². The van der Waals surface area contributed by atoms with Gasteiger partial charge in [0.1, 0.15) is 36.4 Å². The molecule has 0 aliphatic carbocycles. The Morgan fingerprint density at radius 1 is 1.00 bits per heavy atom. The normalized spacial score (nSPS) is 22.1. The van der Waals surface area contributed by atoms with Crippen LogP contribution in [0.2, 0.25) is 0 Å². The Balaban J connectivity index is 1.39. The number of nitrogens with zero attached hydrogens (tertiary/aromatic N) is 4. The van der Waals surface area contributed by atoms with Crippen molar-refractivity contribution in [3.05, 3.63) is 84.4 Å². The van der Waals surface area contributed by atoms with E-state index >= 15 is 0 Å². The molecule has 0 saturated carbocycles. The van der Waals surface area contributed by atoms with E-state index in [0.717, 1.165) is 11.1 Å². The first-order chi connectivity index (χ1) is 18.5. The van der Waals surface area contributed by atoms with E-state index < -0.39 is 39.0 Å². The van der Waals surface area contributed by atoms with E-state index in [4.69, 9.17) is 24.0 Å². The third-order valence-corrected chi connectivity index (χ3v) is 7.55. The maximum atomic E-state index is 13.9. The van der Waals surface area contributed by atoms with Crippen molar-refractivity contribution in [1.29, 1.82) is 0 Å². The summed E-state index contributed by atoms with van der Waals surface area (Å²) < 4.78 is 38.7. The SMILES string of the molecule is Nc1ncnc2c1ncn2[C@H]1C[C@@H](OP(=O)(OCc2ccccc2)OCc2ccccc2)[C@H](O)[C@@H](CO)O1. The number of nitrogens with two attached hydrogens (primary N) is 1. The van der Waals surface area contributed by atoms with Gasteiger partial charge < -0.3 is 20.7 Å². The Morgan fingerprint density at radius 3 is 2.24 bits per heavy atom. The average Bonchev–Trinajstić information content (AvgIpc) is 3.39. The first-order valence-corrected chi connectivity index (χ1v) is 13.4. The van der Waals surface area contributed by atoms with Gasteiger partial charge >= 0.3 is 7.82 Å². The number of nitrogen functional groups attached to an aromatic ring is 1. The van der Waals surface area contributed by atoms with Crippen LogP contribution in [0.15, 0.2) is 73.3 Å². The van der Waals surface area contributed by atoms with Crippen LogP contribution in [0.4, 0.5) is 5.82 Å². The number of phosphoric ester groups is 1. The Kier molecular flexibility index (Phi) is 8.10. The van der Waals surface area contributed by atoms with Crippen LogP contribution < -0.4 is 5.73 Å². The van der Waals surface area contributed by atoms with E-state index in [-0.39, 0.29) is 25.5 Å². The van der Waals surface area contributed by atoms with Crippen molar-refractivity contribution in [3.8, 4) is 0 Å². The van der Waals surface area contributed by atoms with Crippen molar-refractivity contribution in [1.82, 2.24) is 19.5 Å². The zero-order valence-corrected chi connectivity index (χ0v) is 21.2. The fourth-order valence-corrected chi connectivity index (χ4v) is 5.50. The zero-order valence-electron chi connectivity index (χ0n) is 20.3. The topological polar surface area (TPSA) is 164 Å². The van der Waals surface area contributed by atoms with Gasteiger partial charge in [0.2, 0.25) is 0 Å². The second-order valence-corrected chi connectivity index (χ2v) is 10.4. The van der Waals surface area contributed by atoms with E-state index in [0.29, 0.717) is 11.2 Å². The molecule has 4 atom stereocenters. The smallest absolute Gasteiger partial charge is 0.394 e. The van der Waals surface area contributed by atoms with E-state index in [1.165, 1.54) is 12.7 Å². The summed E-state index contributed by atoms with van der Waals surface area (Å²) >= 11 is 0.